The summed E-state index contributed by atoms with van der Waals surface area (Å²) in [5.41, 5.74) is 7.55. The fourth-order valence-corrected chi connectivity index (χ4v) is 6.18. The van der Waals surface area contributed by atoms with Gasteiger partial charge in [-0.05, 0) is 85.2 Å². The first-order chi connectivity index (χ1) is 19.9. The van der Waals surface area contributed by atoms with Crippen LogP contribution in [0.2, 0.25) is 0 Å². The zero-order valence-electron chi connectivity index (χ0n) is 24.0. The van der Waals surface area contributed by atoms with Crippen molar-refractivity contribution in [3.05, 3.63) is 88.6 Å². The molecule has 212 valence electrons. The number of fused-ring (bicyclic) bond motifs is 2. The number of hydrogen-bond donors (Lipinski definition) is 2. The summed E-state index contributed by atoms with van der Waals surface area (Å²) >= 11 is 0. The normalized spacial score (nSPS) is 21.8. The molecule has 0 radical (unpaired) electrons. The van der Waals surface area contributed by atoms with Crippen LogP contribution in [-0.4, -0.2) is 53.4 Å². The van der Waals surface area contributed by atoms with Crippen LogP contribution in [0, 0.1) is 0 Å². The van der Waals surface area contributed by atoms with Crippen LogP contribution in [0.25, 0.3) is 23.1 Å². The van der Waals surface area contributed by atoms with Gasteiger partial charge in [-0.15, -0.1) is 0 Å². The highest BCUT2D eigenvalue weighted by Gasteiger charge is 2.23. The molecule has 3 heterocycles. The van der Waals surface area contributed by atoms with E-state index in [1.807, 2.05) is 18.2 Å². The van der Waals surface area contributed by atoms with Gasteiger partial charge in [-0.2, -0.15) is 5.10 Å². The number of ether oxygens (including phenoxy) is 2. The van der Waals surface area contributed by atoms with E-state index in [9.17, 15) is 4.79 Å². The van der Waals surface area contributed by atoms with E-state index < -0.39 is 0 Å². The first-order valence-electron chi connectivity index (χ1n) is 14.5. The van der Waals surface area contributed by atoms with Crippen molar-refractivity contribution in [1.29, 1.82) is 0 Å². The molecule has 0 spiro atoms. The van der Waals surface area contributed by atoms with E-state index in [0.29, 0.717) is 6.42 Å². The number of amides is 1. The van der Waals surface area contributed by atoms with Crippen LogP contribution >= 0.6 is 0 Å². The van der Waals surface area contributed by atoms with E-state index in [1.165, 1.54) is 11.1 Å². The van der Waals surface area contributed by atoms with Crippen molar-refractivity contribution >= 4 is 34.6 Å². The molecule has 4 aromatic rings. The predicted octanol–water partition coefficient (Wildman–Crippen LogP) is 6.41. The van der Waals surface area contributed by atoms with Crippen LogP contribution in [0.5, 0.6) is 5.75 Å². The number of benzene rings is 3. The lowest BCUT2D eigenvalue weighted by atomic mass is 9.86. The second kappa shape index (κ2) is 11.9. The van der Waals surface area contributed by atoms with E-state index >= 15 is 0 Å². The van der Waals surface area contributed by atoms with Crippen LogP contribution in [0.15, 0.2) is 60.7 Å². The molecule has 41 heavy (non-hydrogen) atoms. The Balaban J connectivity index is 1.16. The van der Waals surface area contributed by atoms with Crippen LogP contribution in [0.4, 0.5) is 5.69 Å². The fraction of sp³-hybridized carbons (Fsp3) is 0.353. The number of anilines is 1. The summed E-state index contributed by atoms with van der Waals surface area (Å²) in [7, 11) is 1.67. The third kappa shape index (κ3) is 6.37. The molecule has 2 N–H and O–H groups in total. The molecule has 0 aliphatic carbocycles. The van der Waals surface area contributed by atoms with Gasteiger partial charge in [0.15, 0.2) is 0 Å². The van der Waals surface area contributed by atoms with Crippen molar-refractivity contribution in [3.63, 3.8) is 0 Å². The van der Waals surface area contributed by atoms with Gasteiger partial charge in [0.1, 0.15) is 5.75 Å². The highest BCUT2D eigenvalue weighted by Crippen LogP contribution is 2.34. The molecule has 6 rings (SSSR count). The first kappa shape index (κ1) is 27.2. The number of aromatic nitrogens is 2. The van der Waals surface area contributed by atoms with Gasteiger partial charge < -0.3 is 14.8 Å². The second-order valence-corrected chi connectivity index (χ2v) is 11.5. The number of hydrogen-bond acceptors (Lipinski definition) is 5. The second-order valence-electron chi connectivity index (χ2n) is 11.5. The molecule has 1 amide bonds. The van der Waals surface area contributed by atoms with Crippen molar-refractivity contribution in [2.45, 2.75) is 57.8 Å². The Labute approximate surface area is 241 Å². The average Bonchev–Trinajstić information content (AvgIpc) is 3.36. The lowest BCUT2D eigenvalue weighted by Gasteiger charge is -2.35. The molecule has 0 bridgehead atoms. The maximum atomic E-state index is 12.5. The topological polar surface area (TPSA) is 79.5 Å². The van der Waals surface area contributed by atoms with E-state index in [0.717, 1.165) is 71.6 Å². The Bertz CT molecular complexity index is 1550. The van der Waals surface area contributed by atoms with E-state index in [-0.39, 0.29) is 24.0 Å². The van der Waals surface area contributed by atoms with Crippen molar-refractivity contribution < 1.29 is 14.3 Å². The molecule has 7 heteroatoms. The summed E-state index contributed by atoms with van der Waals surface area (Å²) < 4.78 is 11.3. The van der Waals surface area contributed by atoms with Crippen molar-refractivity contribution in [1.82, 2.24) is 15.1 Å². The minimum Gasteiger partial charge on any atom is -0.497 e. The number of nitrogens with one attached hydrogen (secondary N) is 2. The number of carbonyl (C=O) groups is 1. The molecule has 1 fully saturated rings. The third-order valence-corrected chi connectivity index (χ3v) is 8.18. The van der Waals surface area contributed by atoms with Gasteiger partial charge in [0, 0.05) is 37.1 Å². The Hall–Kier alpha value is -3.94. The largest absolute Gasteiger partial charge is 0.497 e. The summed E-state index contributed by atoms with van der Waals surface area (Å²) in [6.07, 6.45) is 6.85. The molecule has 7 nitrogen and oxygen atoms in total. The molecule has 0 saturated carbocycles. The van der Waals surface area contributed by atoms with Crippen molar-refractivity contribution in [3.8, 4) is 5.75 Å². The van der Waals surface area contributed by atoms with Gasteiger partial charge in [0.05, 0.1) is 30.5 Å². The summed E-state index contributed by atoms with van der Waals surface area (Å²) in [6.45, 7) is 7.17. The molecule has 2 aliphatic rings. The number of rotatable bonds is 6. The van der Waals surface area contributed by atoms with Gasteiger partial charge in [-0.25, -0.2) is 0 Å². The zero-order valence-corrected chi connectivity index (χ0v) is 24.0. The van der Waals surface area contributed by atoms with Crippen LogP contribution in [0.1, 0.15) is 60.6 Å². The third-order valence-electron chi connectivity index (χ3n) is 8.18. The van der Waals surface area contributed by atoms with Gasteiger partial charge in [-0.1, -0.05) is 42.5 Å². The quantitative estimate of drug-likeness (QED) is 0.290. The number of methoxy groups -OCH3 is 1. The van der Waals surface area contributed by atoms with Gasteiger partial charge in [-0.3, -0.25) is 14.8 Å². The number of morpholine rings is 1. The van der Waals surface area contributed by atoms with Crippen molar-refractivity contribution in [2.75, 3.05) is 25.5 Å². The van der Waals surface area contributed by atoms with Crippen molar-refractivity contribution in [2.24, 2.45) is 0 Å². The predicted molar refractivity (Wildman–Crippen MR) is 164 cm³/mol. The molecular weight excluding hydrogens is 512 g/mol. The SMILES string of the molecule is COc1ccc2c(c1)C[C@H](c1ccc3c(/C=C/c4ccc(CN5C[C@@H](C)O[C@@H](C)C5)cc4)n[nH]c3c1)CCC(=O)N2. The molecule has 3 aromatic carbocycles. The summed E-state index contributed by atoms with van der Waals surface area (Å²) in [6, 6.07) is 21.1. The first-order valence-corrected chi connectivity index (χ1v) is 14.5. The number of nitrogens with zero attached hydrogens (tertiary/aromatic N) is 2. The molecule has 3 atom stereocenters. The fourth-order valence-electron chi connectivity index (χ4n) is 6.18. The highest BCUT2D eigenvalue weighted by molar-refractivity contribution is 5.92. The zero-order chi connectivity index (χ0) is 28.3. The number of carbonyl (C=O) groups excluding carboxylic acids is 1. The van der Waals surface area contributed by atoms with Crippen LogP contribution in [-0.2, 0) is 22.5 Å². The summed E-state index contributed by atoms with van der Waals surface area (Å²) in [5.74, 6) is 1.07. The van der Waals surface area contributed by atoms with Gasteiger partial charge in [0.2, 0.25) is 5.91 Å². The minimum absolute atomic E-state index is 0.0504. The van der Waals surface area contributed by atoms with E-state index in [2.05, 4.69) is 88.9 Å². The monoisotopic (exact) mass is 550 g/mol. The maximum absolute atomic E-state index is 12.5. The number of aromatic amines is 1. The smallest absolute Gasteiger partial charge is 0.224 e. The number of H-pyrrole nitrogens is 1. The minimum atomic E-state index is 0.0504. The van der Waals surface area contributed by atoms with Crippen LogP contribution < -0.4 is 10.1 Å². The molecule has 2 aliphatic heterocycles. The highest BCUT2D eigenvalue weighted by atomic mass is 16.5. The Morgan fingerprint density at radius 1 is 1.02 bits per heavy atom. The van der Waals surface area contributed by atoms with Crippen LogP contribution in [0.3, 0.4) is 0 Å². The lowest BCUT2D eigenvalue weighted by Crippen LogP contribution is -2.44. The summed E-state index contributed by atoms with van der Waals surface area (Å²) in [5, 5.41) is 12.0. The van der Waals surface area contributed by atoms with Gasteiger partial charge >= 0.3 is 0 Å². The Kier molecular flexibility index (Phi) is 7.90. The van der Waals surface area contributed by atoms with E-state index in [4.69, 9.17) is 9.47 Å². The lowest BCUT2D eigenvalue weighted by molar-refractivity contribution is -0.116. The maximum Gasteiger partial charge on any atom is 0.224 e. The average molecular weight is 551 g/mol. The van der Waals surface area contributed by atoms with Gasteiger partial charge in [0.25, 0.3) is 0 Å². The molecule has 1 aromatic heterocycles. The molecule has 0 unspecified atom stereocenters. The Morgan fingerprint density at radius 2 is 1.83 bits per heavy atom. The Morgan fingerprint density at radius 3 is 2.61 bits per heavy atom. The molecular formula is C34H38N4O3. The summed E-state index contributed by atoms with van der Waals surface area (Å²) in [4.78, 5) is 15.0. The standard InChI is InChI=1S/C34H38N4O3/c1-22-19-38(20-23(2)41-22)21-25-6-4-24(5-7-25)8-13-32-30-12-9-27(18-33(30)37-36-32)26-10-15-34(39)35-31-14-11-29(40-3)17-28(31)16-26/h4-9,11-14,17-18,22-23,26H,10,15-16,19-21H2,1-3H3,(H,35,39)(H,36,37)/b13-8+/t22-,23+,26-/m1/s1. The molecule has 1 saturated heterocycles. The van der Waals surface area contributed by atoms with E-state index in [1.54, 1.807) is 7.11 Å².